The normalized spacial score (nSPS) is 23.8. The summed E-state index contributed by atoms with van der Waals surface area (Å²) in [4.78, 5) is 2.13. The highest BCUT2D eigenvalue weighted by molar-refractivity contribution is 8.32. The van der Waals surface area contributed by atoms with Crippen molar-refractivity contribution in [1.29, 1.82) is 0 Å². The predicted octanol–water partition coefficient (Wildman–Crippen LogP) is 7.65. The van der Waals surface area contributed by atoms with E-state index in [4.69, 9.17) is 32.1 Å². The number of hydrogen-bond donors (Lipinski definition) is 0. The first-order valence-electron chi connectivity index (χ1n) is 15.9. The van der Waals surface area contributed by atoms with E-state index in [1.165, 1.54) is 0 Å². The van der Waals surface area contributed by atoms with Crippen LogP contribution in [0.4, 0.5) is 0 Å². The monoisotopic (exact) mass is 659 g/mol. The van der Waals surface area contributed by atoms with Crippen molar-refractivity contribution < 1.29 is 40.5 Å². The standard InChI is InChI=1S/C34H42O9S2/c1-2-3-22-44(35,36)43-45(29-13-4-10-26(23-29)40-32-16-7-19-37-32,30-14-5-11-27(24-30)41-33-17-8-20-38-33)31-15-6-12-28(25-31)42-34-18-9-21-39-34/h4-6,10-15,23-25,32-34H,2-3,7-9,16-22H2,1H3/p+1. The van der Waals surface area contributed by atoms with Crippen LogP contribution in [0.2, 0.25) is 0 Å². The van der Waals surface area contributed by atoms with E-state index in [9.17, 15) is 8.42 Å². The summed E-state index contributed by atoms with van der Waals surface area (Å²) in [6, 6.07) is 22.7. The van der Waals surface area contributed by atoms with E-state index in [2.05, 4.69) is 0 Å². The van der Waals surface area contributed by atoms with Crippen molar-refractivity contribution in [2.75, 3.05) is 25.6 Å². The molecule has 0 aliphatic carbocycles. The maximum atomic E-state index is 13.9. The molecule has 9 nitrogen and oxygen atoms in total. The predicted molar refractivity (Wildman–Crippen MR) is 172 cm³/mol. The van der Waals surface area contributed by atoms with Gasteiger partial charge in [-0.1, -0.05) is 31.5 Å². The fourth-order valence-corrected chi connectivity index (χ4v) is 11.5. The van der Waals surface area contributed by atoms with Crippen molar-refractivity contribution in [3.05, 3.63) is 72.8 Å². The smallest absolute Gasteiger partial charge is 0.390 e. The van der Waals surface area contributed by atoms with Gasteiger partial charge >= 0.3 is 10.1 Å². The van der Waals surface area contributed by atoms with Gasteiger partial charge in [-0.3, -0.25) is 3.63 Å². The van der Waals surface area contributed by atoms with Crippen molar-refractivity contribution in [3.63, 3.8) is 0 Å². The van der Waals surface area contributed by atoms with Gasteiger partial charge < -0.3 is 28.4 Å². The lowest BCUT2D eigenvalue weighted by Gasteiger charge is -2.35. The zero-order valence-corrected chi connectivity index (χ0v) is 27.3. The lowest BCUT2D eigenvalue weighted by molar-refractivity contribution is -0.0394. The average molecular weight is 660 g/mol. The van der Waals surface area contributed by atoms with Crippen LogP contribution in [0.15, 0.2) is 87.5 Å². The highest BCUT2D eigenvalue weighted by Gasteiger charge is 2.44. The Morgan fingerprint density at radius 3 is 1.40 bits per heavy atom. The molecule has 0 amide bonds. The fourth-order valence-electron chi connectivity index (χ4n) is 5.64. The van der Waals surface area contributed by atoms with Gasteiger partial charge in [-0.05, 0) is 80.3 Å². The number of rotatable bonds is 14. The number of hydrogen-bond acceptors (Lipinski definition) is 8. The van der Waals surface area contributed by atoms with E-state index < -0.39 is 20.4 Å². The van der Waals surface area contributed by atoms with Crippen LogP contribution in [0.25, 0.3) is 0 Å². The molecule has 3 fully saturated rings. The van der Waals surface area contributed by atoms with Crippen LogP contribution in [0.3, 0.4) is 0 Å². The molecule has 0 spiro atoms. The third kappa shape index (κ3) is 7.96. The van der Waals surface area contributed by atoms with Crippen LogP contribution in [-0.2, 0) is 24.3 Å². The zero-order chi connectivity index (χ0) is 31.1. The Labute approximate surface area is 267 Å². The second kappa shape index (κ2) is 14.7. The highest BCUT2D eigenvalue weighted by atomic mass is 32.3. The van der Waals surface area contributed by atoms with Crippen LogP contribution in [0, 0.1) is 0 Å². The van der Waals surface area contributed by atoms with E-state index in [0.29, 0.717) is 58.2 Å². The van der Waals surface area contributed by atoms with Gasteiger partial charge in [-0.25, -0.2) is 0 Å². The van der Waals surface area contributed by atoms with Gasteiger partial charge in [0, 0.05) is 19.3 Å². The molecule has 3 saturated heterocycles. The molecule has 11 heteroatoms. The molecule has 0 aromatic heterocycles. The number of benzene rings is 3. The summed E-state index contributed by atoms with van der Waals surface area (Å²) in [7, 11) is -6.70. The largest absolute Gasteiger partial charge is 0.465 e. The molecule has 3 aromatic carbocycles. The minimum absolute atomic E-state index is 0.0530. The summed E-state index contributed by atoms with van der Waals surface area (Å²) in [5.74, 6) is 1.73. The first-order valence-corrected chi connectivity index (χ1v) is 19.1. The van der Waals surface area contributed by atoms with Crippen LogP contribution in [-0.4, -0.2) is 56.5 Å². The maximum absolute atomic E-state index is 13.9. The van der Waals surface area contributed by atoms with Gasteiger partial charge in [-0.15, -0.1) is 0 Å². The first kappa shape index (κ1) is 32.2. The highest BCUT2D eigenvalue weighted by Crippen LogP contribution is 2.69. The molecule has 6 rings (SSSR count). The lowest BCUT2D eigenvalue weighted by atomic mass is 10.3. The molecule has 3 aromatic rings. The second-order valence-corrected chi connectivity index (χ2v) is 16.1. The van der Waals surface area contributed by atoms with Crippen LogP contribution < -0.4 is 14.2 Å². The van der Waals surface area contributed by atoms with Gasteiger partial charge in [0.1, 0.15) is 23.0 Å². The SMILES string of the molecule is CCCCS(=O)(=O)[OH+]S(c1cccc(OC2CCCO2)c1)(c1cccc(OC2CCCO2)c1)c1cccc(OC2CCCO2)c1. The molecular weight excluding hydrogens is 616 g/mol. The summed E-state index contributed by atoms with van der Waals surface area (Å²) < 4.78 is 68.6. The van der Waals surface area contributed by atoms with Crippen molar-refractivity contribution in [3.8, 4) is 17.2 Å². The molecule has 244 valence electrons. The van der Waals surface area contributed by atoms with Crippen molar-refractivity contribution in [2.45, 2.75) is 91.8 Å². The topological polar surface area (TPSA) is 102 Å². The van der Waals surface area contributed by atoms with Crippen molar-refractivity contribution in [2.24, 2.45) is 0 Å². The summed E-state index contributed by atoms with van der Waals surface area (Å²) >= 11 is 0. The Kier molecular flexibility index (Phi) is 10.5. The molecular formula is C34H43O9S2+. The van der Waals surface area contributed by atoms with Crippen molar-refractivity contribution in [1.82, 2.24) is 0 Å². The summed E-state index contributed by atoms with van der Waals surface area (Å²) in [6.07, 6.45) is 5.38. The van der Waals surface area contributed by atoms with E-state index in [0.717, 1.165) is 44.9 Å². The van der Waals surface area contributed by atoms with Gasteiger partial charge in [0.2, 0.25) is 0 Å². The summed E-state index contributed by atoms with van der Waals surface area (Å²) in [6.45, 7) is 3.93. The average Bonchev–Trinajstić information content (AvgIpc) is 3.85. The van der Waals surface area contributed by atoms with Crippen LogP contribution in [0.1, 0.15) is 58.3 Å². The van der Waals surface area contributed by atoms with E-state index in [1.807, 2.05) is 79.7 Å². The van der Waals surface area contributed by atoms with E-state index in [1.54, 1.807) is 0 Å². The van der Waals surface area contributed by atoms with Crippen LogP contribution in [0.5, 0.6) is 17.2 Å². The van der Waals surface area contributed by atoms with Gasteiger partial charge in [0.25, 0.3) is 0 Å². The Hall–Kier alpha value is -2.80. The number of unbranched alkanes of at least 4 members (excludes halogenated alkanes) is 1. The molecule has 3 atom stereocenters. The third-order valence-electron chi connectivity index (χ3n) is 7.89. The molecule has 3 unspecified atom stereocenters. The molecule has 1 N–H and O–H groups in total. The minimum Gasteiger partial charge on any atom is -0.465 e. The second-order valence-electron chi connectivity index (χ2n) is 11.4. The molecule has 45 heavy (non-hydrogen) atoms. The van der Waals surface area contributed by atoms with E-state index in [-0.39, 0.29) is 24.6 Å². The molecule has 3 aliphatic heterocycles. The zero-order valence-electron chi connectivity index (χ0n) is 25.7. The van der Waals surface area contributed by atoms with Gasteiger partial charge in [0.15, 0.2) is 18.9 Å². The summed E-state index contributed by atoms with van der Waals surface area (Å²) in [5.41, 5.74) is 0. The number of ether oxygens (including phenoxy) is 6. The van der Waals surface area contributed by atoms with E-state index >= 15 is 0 Å². The Balaban J connectivity index is 1.50. The Morgan fingerprint density at radius 1 is 0.667 bits per heavy atom. The Bertz CT molecular complexity index is 1360. The van der Waals surface area contributed by atoms with Gasteiger partial charge in [-0.2, -0.15) is 8.42 Å². The molecule has 0 radical (unpaired) electrons. The third-order valence-corrected chi connectivity index (χ3v) is 13.3. The molecule has 0 bridgehead atoms. The molecule has 3 heterocycles. The summed E-state index contributed by atoms with van der Waals surface area (Å²) in [5, 5.41) is 0. The fraction of sp³-hybridized carbons (Fsp3) is 0.471. The van der Waals surface area contributed by atoms with Crippen LogP contribution >= 0.6 is 10.3 Å². The van der Waals surface area contributed by atoms with Gasteiger partial charge in [0.05, 0.1) is 44.8 Å². The molecule has 3 aliphatic rings. The van der Waals surface area contributed by atoms with Crippen molar-refractivity contribution >= 4 is 20.4 Å². The Morgan fingerprint density at radius 2 is 1.07 bits per heavy atom. The minimum atomic E-state index is -3.89. The lowest BCUT2D eigenvalue weighted by Crippen LogP contribution is -2.21. The quantitative estimate of drug-likeness (QED) is 0.128. The molecule has 0 saturated carbocycles. The maximum Gasteiger partial charge on any atom is 0.390 e. The first-order chi connectivity index (χ1) is 21.9.